The fourth-order valence-electron chi connectivity index (χ4n) is 8.53. The molecule has 55 heavy (non-hydrogen) atoms. The maximum atomic E-state index is 5.25. The molecule has 0 N–H and O–H groups in total. The van der Waals surface area contributed by atoms with Gasteiger partial charge in [0.2, 0.25) is 0 Å². The van der Waals surface area contributed by atoms with E-state index in [2.05, 4.69) is 202 Å². The molecule has 10 rings (SSSR count). The van der Waals surface area contributed by atoms with Crippen molar-refractivity contribution >= 4 is 10.8 Å². The molecule has 0 amide bonds. The van der Waals surface area contributed by atoms with Crippen molar-refractivity contribution in [1.82, 2.24) is 9.97 Å². The van der Waals surface area contributed by atoms with Gasteiger partial charge in [-0.25, -0.2) is 9.97 Å². The van der Waals surface area contributed by atoms with Crippen LogP contribution in [-0.4, -0.2) is 9.97 Å². The summed E-state index contributed by atoms with van der Waals surface area (Å²) in [7, 11) is 0. The molecular formula is C53H38N2. The third-order valence-electron chi connectivity index (χ3n) is 11.3. The lowest BCUT2D eigenvalue weighted by Gasteiger charge is -2.24. The van der Waals surface area contributed by atoms with Gasteiger partial charge in [-0.1, -0.05) is 184 Å². The quantitative estimate of drug-likeness (QED) is 0.172. The van der Waals surface area contributed by atoms with Gasteiger partial charge < -0.3 is 0 Å². The van der Waals surface area contributed by atoms with Gasteiger partial charge in [-0.05, 0) is 90.7 Å². The molecule has 0 aliphatic heterocycles. The van der Waals surface area contributed by atoms with Crippen LogP contribution in [-0.2, 0) is 5.41 Å². The van der Waals surface area contributed by atoms with Crippen LogP contribution in [0.3, 0.4) is 0 Å². The van der Waals surface area contributed by atoms with E-state index in [0.717, 1.165) is 44.8 Å². The third-order valence-corrected chi connectivity index (χ3v) is 11.3. The third kappa shape index (κ3) is 5.75. The van der Waals surface area contributed by atoms with Crippen LogP contribution < -0.4 is 0 Å². The predicted octanol–water partition coefficient (Wildman–Crippen LogP) is 13.9. The molecule has 0 saturated heterocycles. The Balaban J connectivity index is 1.11. The highest BCUT2D eigenvalue weighted by molar-refractivity contribution is 6.04. The van der Waals surface area contributed by atoms with Crippen molar-refractivity contribution in [1.29, 1.82) is 0 Å². The number of aromatic nitrogens is 2. The van der Waals surface area contributed by atoms with E-state index < -0.39 is 0 Å². The van der Waals surface area contributed by atoms with Crippen molar-refractivity contribution in [3.63, 3.8) is 0 Å². The summed E-state index contributed by atoms with van der Waals surface area (Å²) < 4.78 is 0. The predicted molar refractivity (Wildman–Crippen MR) is 230 cm³/mol. The maximum Gasteiger partial charge on any atom is 0.160 e. The van der Waals surface area contributed by atoms with Crippen molar-refractivity contribution in [2.24, 2.45) is 0 Å². The fourth-order valence-corrected chi connectivity index (χ4v) is 8.53. The molecule has 0 atom stereocenters. The maximum absolute atomic E-state index is 5.25. The van der Waals surface area contributed by atoms with Crippen LogP contribution in [0.5, 0.6) is 0 Å². The summed E-state index contributed by atoms with van der Waals surface area (Å²) >= 11 is 0. The first-order chi connectivity index (χ1) is 27.0. The SMILES string of the molecule is CC1(C)c2ccccc2-c2c(-c3ccc(-c4cc(-c5cccc(-c6ccccc6)c5)nc(-c5cccc(-c6ccccc6)c5)n4)cc3)cc3ccccc3c21. The summed E-state index contributed by atoms with van der Waals surface area (Å²) in [5, 5.41) is 2.59. The van der Waals surface area contributed by atoms with Crippen LogP contribution in [0.15, 0.2) is 194 Å². The molecule has 0 bridgehead atoms. The van der Waals surface area contributed by atoms with Crippen LogP contribution in [0.2, 0.25) is 0 Å². The van der Waals surface area contributed by atoms with Crippen molar-refractivity contribution in [2.75, 3.05) is 0 Å². The van der Waals surface area contributed by atoms with E-state index in [-0.39, 0.29) is 5.41 Å². The molecule has 2 nitrogen and oxygen atoms in total. The van der Waals surface area contributed by atoms with Crippen LogP contribution >= 0.6 is 0 Å². The van der Waals surface area contributed by atoms with E-state index >= 15 is 0 Å². The van der Waals surface area contributed by atoms with E-state index in [4.69, 9.17) is 9.97 Å². The number of hydrogen-bond acceptors (Lipinski definition) is 2. The summed E-state index contributed by atoms with van der Waals surface area (Å²) in [6, 6.07) is 69.4. The Morgan fingerprint density at radius 1 is 0.364 bits per heavy atom. The highest BCUT2D eigenvalue weighted by Gasteiger charge is 2.38. The molecule has 260 valence electrons. The second-order valence-electron chi connectivity index (χ2n) is 15.0. The number of hydrogen-bond donors (Lipinski definition) is 0. The summed E-state index contributed by atoms with van der Waals surface area (Å²) in [6.07, 6.45) is 0. The molecule has 1 aliphatic carbocycles. The van der Waals surface area contributed by atoms with Gasteiger partial charge in [-0.15, -0.1) is 0 Å². The van der Waals surface area contributed by atoms with Crippen molar-refractivity contribution in [2.45, 2.75) is 19.3 Å². The standard InChI is InChI=1S/C53H38N2/c1-53(2)47-26-12-11-25-45(47)50-46(33-41-19-9-10-24-44(41)51(50)53)37-27-29-38(30-28-37)48-34-49(42-22-13-20-39(31-42)35-15-5-3-6-16-35)55-52(54-48)43-23-14-21-40(32-43)36-17-7-4-8-18-36/h3-34H,1-2H3. The molecule has 0 saturated carbocycles. The Morgan fingerprint density at radius 3 is 1.60 bits per heavy atom. The summed E-state index contributed by atoms with van der Waals surface area (Å²) in [4.78, 5) is 10.5. The minimum atomic E-state index is -0.106. The Kier molecular flexibility index (Phi) is 7.85. The molecule has 1 aliphatic rings. The number of rotatable bonds is 6. The molecule has 0 spiro atoms. The molecule has 1 aromatic heterocycles. The average Bonchev–Trinajstić information content (AvgIpc) is 3.50. The van der Waals surface area contributed by atoms with E-state index in [0.29, 0.717) is 5.82 Å². The highest BCUT2D eigenvalue weighted by Crippen LogP contribution is 2.54. The molecule has 8 aromatic carbocycles. The molecule has 0 unspecified atom stereocenters. The summed E-state index contributed by atoms with van der Waals surface area (Å²) in [5.74, 6) is 0.700. The largest absolute Gasteiger partial charge is 0.228 e. The number of benzene rings is 8. The normalized spacial score (nSPS) is 12.7. The fraction of sp³-hybridized carbons (Fsp3) is 0.0566. The van der Waals surface area contributed by atoms with Gasteiger partial charge in [-0.2, -0.15) is 0 Å². The first-order valence-corrected chi connectivity index (χ1v) is 19.0. The first-order valence-electron chi connectivity index (χ1n) is 19.0. The van der Waals surface area contributed by atoms with E-state index in [1.54, 1.807) is 0 Å². The topological polar surface area (TPSA) is 25.8 Å². The Bertz CT molecular complexity index is 2770. The second kappa shape index (κ2) is 13.2. The van der Waals surface area contributed by atoms with Crippen LogP contribution in [0.1, 0.15) is 25.0 Å². The van der Waals surface area contributed by atoms with Gasteiger partial charge in [0.25, 0.3) is 0 Å². The van der Waals surface area contributed by atoms with Gasteiger partial charge in [0, 0.05) is 22.1 Å². The van der Waals surface area contributed by atoms with Crippen molar-refractivity contribution in [3.05, 3.63) is 205 Å². The van der Waals surface area contributed by atoms with Crippen LogP contribution in [0.25, 0.3) is 89.2 Å². The van der Waals surface area contributed by atoms with Gasteiger partial charge in [0.05, 0.1) is 11.4 Å². The zero-order chi connectivity index (χ0) is 36.9. The Hall–Kier alpha value is -6.90. The molecule has 0 radical (unpaired) electrons. The monoisotopic (exact) mass is 702 g/mol. The average molecular weight is 703 g/mol. The van der Waals surface area contributed by atoms with Crippen LogP contribution in [0, 0.1) is 0 Å². The smallest absolute Gasteiger partial charge is 0.160 e. The summed E-state index contributed by atoms with van der Waals surface area (Å²) in [6.45, 7) is 4.73. The summed E-state index contributed by atoms with van der Waals surface area (Å²) in [5.41, 5.74) is 17.3. The minimum absolute atomic E-state index is 0.106. The zero-order valence-corrected chi connectivity index (χ0v) is 30.9. The van der Waals surface area contributed by atoms with Gasteiger partial charge >= 0.3 is 0 Å². The van der Waals surface area contributed by atoms with E-state index in [1.807, 2.05) is 6.07 Å². The van der Waals surface area contributed by atoms with Gasteiger partial charge in [-0.3, -0.25) is 0 Å². The van der Waals surface area contributed by atoms with Gasteiger partial charge in [0.15, 0.2) is 5.82 Å². The van der Waals surface area contributed by atoms with E-state index in [1.165, 1.54) is 49.7 Å². The van der Waals surface area contributed by atoms with Crippen molar-refractivity contribution < 1.29 is 0 Å². The first kappa shape index (κ1) is 32.7. The highest BCUT2D eigenvalue weighted by atomic mass is 14.9. The van der Waals surface area contributed by atoms with Crippen LogP contribution in [0.4, 0.5) is 0 Å². The molecule has 2 heteroatoms. The number of nitrogens with zero attached hydrogens (tertiary/aromatic N) is 2. The molecule has 0 fully saturated rings. The number of fused-ring (bicyclic) bond motifs is 5. The lowest BCUT2D eigenvalue weighted by molar-refractivity contribution is 0.666. The second-order valence-corrected chi connectivity index (χ2v) is 15.0. The molecule has 1 heterocycles. The Morgan fingerprint density at radius 2 is 0.891 bits per heavy atom. The lowest BCUT2D eigenvalue weighted by Crippen LogP contribution is -2.15. The van der Waals surface area contributed by atoms with Crippen molar-refractivity contribution in [3.8, 4) is 78.4 Å². The zero-order valence-electron chi connectivity index (χ0n) is 30.9. The molecule has 9 aromatic rings. The molecular weight excluding hydrogens is 665 g/mol. The minimum Gasteiger partial charge on any atom is -0.228 e. The Labute approximate surface area is 322 Å². The van der Waals surface area contributed by atoms with E-state index in [9.17, 15) is 0 Å². The van der Waals surface area contributed by atoms with Gasteiger partial charge in [0.1, 0.15) is 0 Å². The lowest BCUT2D eigenvalue weighted by atomic mass is 9.79.